The largest absolute Gasteiger partial charge is 4.00 e. The molecule has 0 aliphatic carbocycles. The fraction of sp³-hybridized carbons (Fsp3) is 1.00. The van der Waals surface area contributed by atoms with Crippen LogP contribution in [0.2, 0.25) is 0 Å². The molecule has 0 spiro atoms. The molecule has 0 aliphatic heterocycles. The fourth-order valence-electron chi connectivity index (χ4n) is 0.258. The molecule has 0 saturated carbocycles. The molecule has 9 heteroatoms. The Bertz CT molecular complexity index is 79.3. The molecule has 0 rings (SSSR count). The molecule has 0 radical (unpaired) electrons. The van der Waals surface area contributed by atoms with E-state index in [0.717, 1.165) is 71.7 Å². The smallest absolute Gasteiger partial charge is 0.793 e. The molecule has 0 fully saturated rings. The fourth-order valence-corrected chi connectivity index (χ4v) is 2.32. The number of hydrogen-bond acceptors (Lipinski definition) is 8. The van der Waals surface area contributed by atoms with Gasteiger partial charge in [-0.05, 0) is 23.0 Å². The third-order valence-electron chi connectivity index (χ3n) is 1.21. The standard InChI is InChI=1S/4C3H8S2.Zr/c4*4-2-1-3-5;/h4*4-5H,1-3H2;/q;;;;+4/p-4. The van der Waals surface area contributed by atoms with Crippen molar-refractivity contribution in [1.82, 2.24) is 0 Å². The van der Waals surface area contributed by atoms with Crippen LogP contribution in [-0.4, -0.2) is 46.0 Å². The van der Waals surface area contributed by atoms with Crippen LogP contribution in [0.5, 0.6) is 0 Å². The molecule has 0 saturated heterocycles. The second-order valence-electron chi connectivity index (χ2n) is 3.13. The van der Waals surface area contributed by atoms with E-state index in [9.17, 15) is 0 Å². The summed E-state index contributed by atoms with van der Waals surface area (Å²) in [5, 5.41) is 0. The van der Waals surface area contributed by atoms with Crippen molar-refractivity contribution in [3.63, 3.8) is 0 Å². The van der Waals surface area contributed by atoms with Gasteiger partial charge in [-0.3, -0.25) is 0 Å². The van der Waals surface area contributed by atoms with Crippen molar-refractivity contribution in [3.05, 3.63) is 0 Å². The zero-order chi connectivity index (χ0) is 16.5. The Labute approximate surface area is 196 Å². The topological polar surface area (TPSA) is 0 Å². The Hall–Kier alpha value is 3.68. The first-order valence-electron chi connectivity index (χ1n) is 6.42. The van der Waals surface area contributed by atoms with Gasteiger partial charge in [-0.1, -0.05) is 25.7 Å². The van der Waals surface area contributed by atoms with Crippen LogP contribution >= 0.6 is 50.5 Å². The van der Waals surface area contributed by atoms with Gasteiger partial charge in [0.25, 0.3) is 0 Å². The Kier molecular flexibility index (Phi) is 84.3. The van der Waals surface area contributed by atoms with Crippen molar-refractivity contribution in [3.8, 4) is 0 Å². The third-order valence-corrected chi connectivity index (χ3v) is 3.63. The van der Waals surface area contributed by atoms with Crippen LogP contribution < -0.4 is 0 Å². The normalized spacial score (nSPS) is 8.00. The van der Waals surface area contributed by atoms with E-state index in [1.807, 2.05) is 0 Å². The molecule has 0 aromatic rings. The summed E-state index contributed by atoms with van der Waals surface area (Å²) in [6.07, 6.45) is 4.27. The zero-order valence-corrected chi connectivity index (χ0v) is 21.7. The monoisotopic (exact) mass is 518 g/mol. The molecule has 0 amide bonds. The van der Waals surface area contributed by atoms with E-state index in [2.05, 4.69) is 101 Å². The minimum Gasteiger partial charge on any atom is -0.793 e. The van der Waals surface area contributed by atoms with Crippen molar-refractivity contribution in [1.29, 1.82) is 0 Å². The quantitative estimate of drug-likeness (QED) is 0.286. The number of hydrogen-bond donors (Lipinski definition) is 4. The van der Waals surface area contributed by atoms with E-state index >= 15 is 0 Å². The second kappa shape index (κ2) is 49.5. The average molecular weight is 520 g/mol. The van der Waals surface area contributed by atoms with Gasteiger partial charge < -0.3 is 50.5 Å². The molecule has 0 nitrogen and oxygen atoms in total. The van der Waals surface area contributed by atoms with E-state index < -0.39 is 0 Å². The SMILES string of the molecule is [S-]CCCS.[S-]CCCS.[S-]CCCS.[S-]CCCS.[Zr+4]. The Morgan fingerprint density at radius 1 is 0.429 bits per heavy atom. The molecule has 0 bridgehead atoms. The van der Waals surface area contributed by atoms with Crippen LogP contribution in [0.1, 0.15) is 25.7 Å². The summed E-state index contributed by atoms with van der Waals surface area (Å²) in [5.41, 5.74) is 0. The van der Waals surface area contributed by atoms with E-state index in [1.54, 1.807) is 0 Å². The summed E-state index contributed by atoms with van der Waals surface area (Å²) in [5.74, 6) is 7.14. The molecule has 0 aromatic carbocycles. The van der Waals surface area contributed by atoms with Gasteiger partial charge >= 0.3 is 26.2 Å². The summed E-state index contributed by atoms with van der Waals surface area (Å²) >= 11 is 34.1. The molecule has 0 aromatic heterocycles. The molecular weight excluding hydrogens is 492 g/mol. The van der Waals surface area contributed by atoms with Gasteiger partial charge in [0.1, 0.15) is 0 Å². The summed E-state index contributed by atoms with van der Waals surface area (Å²) in [7, 11) is 0. The van der Waals surface area contributed by atoms with Gasteiger partial charge in [0, 0.05) is 0 Å². The van der Waals surface area contributed by atoms with Gasteiger partial charge in [-0.2, -0.15) is 73.5 Å². The maximum absolute atomic E-state index is 4.60. The van der Waals surface area contributed by atoms with Gasteiger partial charge in [-0.15, -0.1) is 0 Å². The van der Waals surface area contributed by atoms with Crippen molar-refractivity contribution in [2.75, 3.05) is 46.0 Å². The van der Waals surface area contributed by atoms with Crippen molar-refractivity contribution in [2.24, 2.45) is 0 Å². The number of thiol groups is 4. The average Bonchev–Trinajstić information content (AvgIpc) is 2.44. The third kappa shape index (κ3) is 81.6. The Morgan fingerprint density at radius 3 is 0.571 bits per heavy atom. The van der Waals surface area contributed by atoms with E-state index in [4.69, 9.17) is 0 Å². The molecule has 0 aliphatic rings. The van der Waals surface area contributed by atoms with Gasteiger partial charge in [-0.25, -0.2) is 0 Å². The Balaban J connectivity index is -0.0000000533. The first-order chi connectivity index (χ1) is 9.66. The van der Waals surface area contributed by atoms with Crippen molar-refractivity contribution < 1.29 is 26.2 Å². The summed E-state index contributed by atoms with van der Waals surface area (Å²) in [4.78, 5) is 0. The van der Waals surface area contributed by atoms with Crippen molar-refractivity contribution in [2.45, 2.75) is 25.7 Å². The van der Waals surface area contributed by atoms with Crippen LogP contribution in [0.4, 0.5) is 0 Å². The van der Waals surface area contributed by atoms with Crippen LogP contribution in [0.25, 0.3) is 0 Å². The minimum atomic E-state index is 0. The summed E-state index contributed by atoms with van der Waals surface area (Å²) in [6, 6.07) is 0. The predicted molar refractivity (Wildman–Crippen MR) is 123 cm³/mol. The minimum absolute atomic E-state index is 0. The van der Waals surface area contributed by atoms with E-state index in [1.165, 1.54) is 0 Å². The predicted octanol–water partition coefficient (Wildman–Crippen LogP) is 3.41. The molecule has 0 heterocycles. The summed E-state index contributed by atoms with van der Waals surface area (Å²) in [6.45, 7) is 0. The molecule has 128 valence electrons. The van der Waals surface area contributed by atoms with Gasteiger partial charge in [0.2, 0.25) is 0 Å². The molecule has 0 unspecified atom stereocenters. The number of rotatable bonds is 8. The van der Waals surface area contributed by atoms with Crippen molar-refractivity contribution >= 4 is 101 Å². The zero-order valence-electron chi connectivity index (χ0n) is 12.4. The first kappa shape index (κ1) is 35.7. The Morgan fingerprint density at radius 2 is 0.571 bits per heavy atom. The molecule has 0 N–H and O–H groups in total. The molecular formula is C12H28S8Zr. The van der Waals surface area contributed by atoms with Crippen LogP contribution in [-0.2, 0) is 76.7 Å². The molecule has 21 heavy (non-hydrogen) atoms. The van der Waals surface area contributed by atoms with Gasteiger partial charge in [0.15, 0.2) is 0 Å². The van der Waals surface area contributed by atoms with Crippen LogP contribution in [0, 0.1) is 0 Å². The second-order valence-corrected chi connectivity index (χ2v) is 6.55. The van der Waals surface area contributed by atoms with E-state index in [-0.39, 0.29) is 26.2 Å². The van der Waals surface area contributed by atoms with Crippen LogP contribution in [0.3, 0.4) is 0 Å². The van der Waals surface area contributed by atoms with E-state index in [0.29, 0.717) is 0 Å². The van der Waals surface area contributed by atoms with Gasteiger partial charge in [0.05, 0.1) is 0 Å². The maximum atomic E-state index is 4.60. The van der Waals surface area contributed by atoms with Crippen LogP contribution in [0.15, 0.2) is 0 Å². The summed E-state index contributed by atoms with van der Waals surface area (Å²) < 4.78 is 0. The molecule has 0 atom stereocenters. The first-order valence-corrected chi connectivity index (χ1v) is 11.3. The maximum Gasteiger partial charge on any atom is 4.00 e.